The van der Waals surface area contributed by atoms with E-state index in [2.05, 4.69) is 15.5 Å². The molecule has 2 aromatic carbocycles. The number of hydrogen-bond donors (Lipinski definition) is 4. The number of morpholine rings is 1. The van der Waals surface area contributed by atoms with Crippen molar-refractivity contribution in [2.75, 3.05) is 36.5 Å². The Morgan fingerprint density at radius 1 is 1.09 bits per heavy atom. The van der Waals surface area contributed by atoms with Crippen molar-refractivity contribution in [1.29, 1.82) is 0 Å². The van der Waals surface area contributed by atoms with Gasteiger partial charge in [0.1, 0.15) is 11.6 Å². The number of nitrogens with one attached hydrogen (secondary N) is 2. The van der Waals surface area contributed by atoms with Crippen LogP contribution in [0.2, 0.25) is 0 Å². The van der Waals surface area contributed by atoms with Crippen LogP contribution in [0.1, 0.15) is 0 Å². The van der Waals surface area contributed by atoms with Gasteiger partial charge in [-0.2, -0.15) is 10.1 Å². The minimum atomic E-state index is -4.68. The molecule has 1 aliphatic heterocycles. The lowest BCUT2D eigenvalue weighted by Gasteiger charge is -2.27. The molecule has 0 unspecified atom stereocenters. The van der Waals surface area contributed by atoms with Crippen molar-refractivity contribution >= 4 is 36.2 Å². The molecule has 12 heteroatoms. The van der Waals surface area contributed by atoms with Crippen LogP contribution >= 0.6 is 7.82 Å². The van der Waals surface area contributed by atoms with Gasteiger partial charge in [-0.15, -0.1) is 0 Å². The second kappa shape index (κ2) is 8.80. The number of aromatic amines is 1. The molecule has 1 aliphatic rings. The van der Waals surface area contributed by atoms with E-state index in [1.807, 2.05) is 23.1 Å². The molecule has 170 valence electrons. The summed E-state index contributed by atoms with van der Waals surface area (Å²) in [5, 5.41) is 11.3. The molecule has 5 rings (SSSR count). The van der Waals surface area contributed by atoms with E-state index in [1.54, 1.807) is 24.4 Å². The number of ether oxygens (including phenoxy) is 1. The quantitative estimate of drug-likeness (QED) is 0.311. The van der Waals surface area contributed by atoms with Gasteiger partial charge < -0.3 is 19.5 Å². The molecule has 3 heterocycles. The topological polar surface area (TPSA) is 146 Å². The standard InChI is InChI=1S/C21H21N6O5P/c28-33(29,30)32-17-3-1-2-14(11-17)19-12-20(25-21(24-19)27-6-8-31-9-7-27)23-16-4-5-18-15(10-16)13-22-26-18/h1-5,10-13H,6-9H2,(H,22,26)(H,23,24,25)(H2,28,29,30). The Morgan fingerprint density at radius 2 is 1.94 bits per heavy atom. The maximum atomic E-state index is 11.3. The van der Waals surface area contributed by atoms with Gasteiger partial charge in [-0.05, 0) is 30.3 Å². The molecular formula is C21H21N6O5P. The smallest absolute Gasteiger partial charge is 0.404 e. The van der Waals surface area contributed by atoms with Gasteiger partial charge in [0, 0.05) is 35.8 Å². The molecule has 1 fully saturated rings. The van der Waals surface area contributed by atoms with E-state index in [0.717, 1.165) is 16.6 Å². The molecule has 0 bridgehead atoms. The lowest BCUT2D eigenvalue weighted by molar-refractivity contribution is 0.122. The Balaban J connectivity index is 1.52. The first kappa shape index (κ1) is 21.4. The fraction of sp³-hybridized carbons (Fsp3) is 0.190. The van der Waals surface area contributed by atoms with E-state index in [0.29, 0.717) is 49.3 Å². The second-order valence-corrected chi connectivity index (χ2v) is 8.61. The van der Waals surface area contributed by atoms with Crippen molar-refractivity contribution < 1.29 is 23.6 Å². The average Bonchev–Trinajstić information content (AvgIpc) is 3.26. The number of H-pyrrole nitrogens is 1. The number of aromatic nitrogens is 4. The molecular weight excluding hydrogens is 447 g/mol. The van der Waals surface area contributed by atoms with Crippen LogP contribution < -0.4 is 14.7 Å². The highest BCUT2D eigenvalue weighted by molar-refractivity contribution is 7.46. The van der Waals surface area contributed by atoms with Gasteiger partial charge in [0.15, 0.2) is 0 Å². The van der Waals surface area contributed by atoms with E-state index in [1.165, 1.54) is 12.1 Å². The van der Waals surface area contributed by atoms with Gasteiger partial charge in [-0.3, -0.25) is 14.9 Å². The third-order valence-electron chi connectivity index (χ3n) is 5.08. The third-order valence-corrected chi connectivity index (χ3v) is 5.52. The van der Waals surface area contributed by atoms with Gasteiger partial charge in [0.25, 0.3) is 0 Å². The molecule has 2 aromatic heterocycles. The van der Waals surface area contributed by atoms with Gasteiger partial charge >= 0.3 is 7.82 Å². The zero-order valence-corrected chi connectivity index (χ0v) is 18.3. The van der Waals surface area contributed by atoms with Crippen LogP contribution in [0, 0.1) is 0 Å². The largest absolute Gasteiger partial charge is 0.524 e. The fourth-order valence-electron chi connectivity index (χ4n) is 3.57. The monoisotopic (exact) mass is 468 g/mol. The predicted molar refractivity (Wildman–Crippen MR) is 123 cm³/mol. The van der Waals surface area contributed by atoms with Crippen LogP contribution in [-0.2, 0) is 9.30 Å². The Labute approximate surface area is 188 Å². The molecule has 0 radical (unpaired) electrons. The first-order chi connectivity index (χ1) is 15.9. The van der Waals surface area contributed by atoms with Crippen molar-refractivity contribution in [3.63, 3.8) is 0 Å². The van der Waals surface area contributed by atoms with E-state index in [-0.39, 0.29) is 5.75 Å². The van der Waals surface area contributed by atoms with Gasteiger partial charge in [0.2, 0.25) is 5.95 Å². The molecule has 0 saturated carbocycles. The van der Waals surface area contributed by atoms with Gasteiger partial charge in [0.05, 0.1) is 30.6 Å². The summed E-state index contributed by atoms with van der Waals surface area (Å²) in [7, 11) is -4.68. The summed E-state index contributed by atoms with van der Waals surface area (Å²) in [5.74, 6) is 1.15. The first-order valence-electron chi connectivity index (χ1n) is 10.2. The summed E-state index contributed by atoms with van der Waals surface area (Å²) in [6, 6.07) is 14.0. The van der Waals surface area contributed by atoms with Crippen LogP contribution in [0.5, 0.6) is 5.75 Å². The van der Waals surface area contributed by atoms with Crippen LogP contribution in [0.15, 0.2) is 54.7 Å². The number of benzene rings is 2. The fourth-order valence-corrected chi connectivity index (χ4v) is 3.96. The molecule has 0 amide bonds. The molecule has 0 spiro atoms. The lowest BCUT2D eigenvalue weighted by atomic mass is 10.1. The minimum absolute atomic E-state index is 0.0484. The van der Waals surface area contributed by atoms with Crippen LogP contribution in [0.4, 0.5) is 17.5 Å². The number of anilines is 3. The number of phosphoric acid groups is 1. The summed E-state index contributed by atoms with van der Waals surface area (Å²) in [5.41, 5.74) is 2.97. The van der Waals surface area contributed by atoms with Crippen LogP contribution in [0.25, 0.3) is 22.2 Å². The highest BCUT2D eigenvalue weighted by atomic mass is 31.2. The Hall–Kier alpha value is -3.50. The number of rotatable bonds is 6. The highest BCUT2D eigenvalue weighted by Crippen LogP contribution is 2.38. The van der Waals surface area contributed by atoms with Crippen molar-refractivity contribution in [3.8, 4) is 17.0 Å². The van der Waals surface area contributed by atoms with Crippen molar-refractivity contribution in [2.45, 2.75) is 0 Å². The maximum Gasteiger partial charge on any atom is 0.524 e. The van der Waals surface area contributed by atoms with Crippen LogP contribution in [0.3, 0.4) is 0 Å². The molecule has 0 atom stereocenters. The highest BCUT2D eigenvalue weighted by Gasteiger charge is 2.19. The van der Waals surface area contributed by atoms with E-state index < -0.39 is 7.82 Å². The minimum Gasteiger partial charge on any atom is -0.404 e. The first-order valence-corrected chi connectivity index (χ1v) is 11.7. The Bertz CT molecular complexity index is 1330. The molecule has 0 aliphatic carbocycles. The summed E-state index contributed by atoms with van der Waals surface area (Å²) in [6.45, 7) is 2.48. The van der Waals surface area contributed by atoms with Gasteiger partial charge in [-0.25, -0.2) is 9.55 Å². The number of hydrogen-bond acceptors (Lipinski definition) is 8. The van der Waals surface area contributed by atoms with Crippen molar-refractivity contribution in [1.82, 2.24) is 20.2 Å². The SMILES string of the molecule is O=P(O)(O)Oc1cccc(-c2cc(Nc3ccc4[nH]ncc4c3)nc(N3CCOCC3)n2)c1. The molecule has 11 nitrogen and oxygen atoms in total. The predicted octanol–water partition coefficient (Wildman–Crippen LogP) is 3.07. The van der Waals surface area contributed by atoms with E-state index in [4.69, 9.17) is 29.0 Å². The van der Waals surface area contributed by atoms with Gasteiger partial charge in [-0.1, -0.05) is 12.1 Å². The zero-order valence-electron chi connectivity index (χ0n) is 17.4. The third kappa shape index (κ3) is 5.12. The van der Waals surface area contributed by atoms with Crippen molar-refractivity contribution in [2.24, 2.45) is 0 Å². The summed E-state index contributed by atoms with van der Waals surface area (Å²) in [4.78, 5) is 29.7. The molecule has 4 aromatic rings. The number of fused-ring (bicyclic) bond motifs is 1. The normalized spacial score (nSPS) is 14.4. The lowest BCUT2D eigenvalue weighted by Crippen LogP contribution is -2.37. The molecule has 4 N–H and O–H groups in total. The van der Waals surface area contributed by atoms with Crippen LogP contribution in [-0.4, -0.2) is 56.3 Å². The van der Waals surface area contributed by atoms with Crippen molar-refractivity contribution in [3.05, 3.63) is 54.7 Å². The van der Waals surface area contributed by atoms with E-state index >= 15 is 0 Å². The summed E-state index contributed by atoms with van der Waals surface area (Å²) >= 11 is 0. The summed E-state index contributed by atoms with van der Waals surface area (Å²) < 4.78 is 21.4. The van der Waals surface area contributed by atoms with E-state index in [9.17, 15) is 4.57 Å². The Kier molecular flexibility index (Phi) is 5.69. The number of phosphoric ester groups is 1. The Morgan fingerprint density at radius 3 is 2.76 bits per heavy atom. The molecule has 1 saturated heterocycles. The average molecular weight is 468 g/mol. The second-order valence-electron chi connectivity index (χ2n) is 7.44. The summed E-state index contributed by atoms with van der Waals surface area (Å²) in [6.07, 6.45) is 1.75. The maximum absolute atomic E-state index is 11.3. The number of nitrogens with zero attached hydrogens (tertiary/aromatic N) is 4. The molecule has 33 heavy (non-hydrogen) atoms. The zero-order chi connectivity index (χ0) is 22.8.